The maximum Gasteiger partial charge on any atom is 0.0965 e. The lowest BCUT2D eigenvalue weighted by Gasteiger charge is -2.18. The molecule has 17 heavy (non-hydrogen) atoms. The Morgan fingerprint density at radius 1 is 1.59 bits per heavy atom. The second-order valence-corrected chi connectivity index (χ2v) is 5.55. The topological polar surface area (TPSA) is 46.2 Å². The number of rotatable bonds is 6. The van der Waals surface area contributed by atoms with Crippen molar-refractivity contribution in [2.24, 2.45) is 5.92 Å². The van der Waals surface area contributed by atoms with Gasteiger partial charge in [-0.05, 0) is 7.05 Å². The quantitative estimate of drug-likeness (QED) is 0.798. The van der Waals surface area contributed by atoms with Gasteiger partial charge in [-0.2, -0.15) is 0 Å². The van der Waals surface area contributed by atoms with E-state index in [0.717, 1.165) is 26.3 Å². The maximum absolute atomic E-state index is 5.48. The Bertz CT molecular complexity index is 318. The summed E-state index contributed by atoms with van der Waals surface area (Å²) in [7, 11) is 2.00. The summed E-state index contributed by atoms with van der Waals surface area (Å²) in [5, 5.41) is 10.1. The van der Waals surface area contributed by atoms with Crippen molar-refractivity contribution in [2.75, 3.05) is 33.4 Å². The number of likely N-dealkylation sites (N-methyl/N-ethyl adjacent to an activating group) is 1. The van der Waals surface area contributed by atoms with E-state index in [1.165, 1.54) is 5.01 Å². The van der Waals surface area contributed by atoms with Crippen LogP contribution in [0.5, 0.6) is 0 Å². The summed E-state index contributed by atoms with van der Waals surface area (Å²) in [6.07, 6.45) is 1.87. The van der Waals surface area contributed by atoms with Crippen molar-refractivity contribution in [1.82, 2.24) is 15.6 Å². The van der Waals surface area contributed by atoms with Gasteiger partial charge in [0.2, 0.25) is 0 Å². The van der Waals surface area contributed by atoms with Crippen LogP contribution in [0.4, 0.5) is 0 Å². The standard InChI is InChI=1S/C12H21N3OS/c1-9(12-15-3-4-17-12)5-14-6-10-7-16-8-11(10)13-2/h3-4,9-11,13-14H,5-8H2,1-2H3. The van der Waals surface area contributed by atoms with E-state index in [1.807, 2.05) is 18.6 Å². The Kier molecular flexibility index (Phi) is 4.91. The van der Waals surface area contributed by atoms with Gasteiger partial charge >= 0.3 is 0 Å². The van der Waals surface area contributed by atoms with Crippen LogP contribution in [0.2, 0.25) is 0 Å². The number of thiazole rings is 1. The second-order valence-electron chi connectivity index (χ2n) is 4.62. The average Bonchev–Trinajstić information content (AvgIpc) is 2.99. The lowest BCUT2D eigenvalue weighted by Crippen LogP contribution is -2.39. The molecule has 1 saturated heterocycles. The van der Waals surface area contributed by atoms with E-state index in [1.54, 1.807) is 11.3 Å². The summed E-state index contributed by atoms with van der Waals surface area (Å²) in [6.45, 7) is 5.92. The largest absolute Gasteiger partial charge is 0.379 e. The van der Waals surface area contributed by atoms with Crippen molar-refractivity contribution in [2.45, 2.75) is 18.9 Å². The molecule has 0 spiro atoms. The molecule has 2 N–H and O–H groups in total. The minimum atomic E-state index is 0.491. The normalized spacial score (nSPS) is 26.2. The van der Waals surface area contributed by atoms with Gasteiger partial charge in [-0.15, -0.1) is 11.3 Å². The SMILES string of the molecule is CNC1COCC1CNCC(C)c1nccs1. The van der Waals surface area contributed by atoms with Crippen molar-refractivity contribution in [3.63, 3.8) is 0 Å². The predicted octanol–water partition coefficient (Wildman–Crippen LogP) is 1.07. The number of hydrogen-bond acceptors (Lipinski definition) is 5. The van der Waals surface area contributed by atoms with Gasteiger partial charge in [-0.25, -0.2) is 4.98 Å². The third kappa shape index (κ3) is 3.48. The van der Waals surface area contributed by atoms with Gasteiger partial charge in [-0.3, -0.25) is 0 Å². The van der Waals surface area contributed by atoms with Crippen LogP contribution >= 0.6 is 11.3 Å². The highest BCUT2D eigenvalue weighted by Gasteiger charge is 2.26. The Hall–Kier alpha value is -0.490. The monoisotopic (exact) mass is 255 g/mol. The first-order valence-corrected chi connectivity index (χ1v) is 7.04. The number of nitrogens with one attached hydrogen (secondary N) is 2. The Labute approximate surface area is 107 Å². The molecule has 1 aromatic rings. The smallest absolute Gasteiger partial charge is 0.0965 e. The van der Waals surface area contributed by atoms with E-state index in [2.05, 4.69) is 22.5 Å². The first-order valence-electron chi connectivity index (χ1n) is 6.16. The molecule has 1 aliphatic rings. The molecule has 1 aliphatic heterocycles. The van der Waals surface area contributed by atoms with Crippen LogP contribution in [0.1, 0.15) is 17.8 Å². The van der Waals surface area contributed by atoms with Crippen LogP contribution in [-0.2, 0) is 4.74 Å². The molecular weight excluding hydrogens is 234 g/mol. The van der Waals surface area contributed by atoms with Crippen molar-refractivity contribution >= 4 is 11.3 Å². The molecule has 2 rings (SSSR count). The zero-order valence-electron chi connectivity index (χ0n) is 10.5. The first-order chi connectivity index (χ1) is 8.31. The molecule has 1 fully saturated rings. The summed E-state index contributed by atoms with van der Waals surface area (Å²) in [5.74, 6) is 1.08. The third-order valence-corrected chi connectivity index (χ3v) is 4.31. The Balaban J connectivity index is 1.69. The highest BCUT2D eigenvalue weighted by Crippen LogP contribution is 2.17. The minimum absolute atomic E-state index is 0.491. The predicted molar refractivity (Wildman–Crippen MR) is 70.6 cm³/mol. The molecule has 2 heterocycles. The summed E-state index contributed by atoms with van der Waals surface area (Å²) in [4.78, 5) is 4.34. The highest BCUT2D eigenvalue weighted by atomic mass is 32.1. The van der Waals surface area contributed by atoms with Gasteiger partial charge in [0.15, 0.2) is 0 Å². The fraction of sp³-hybridized carbons (Fsp3) is 0.750. The zero-order valence-corrected chi connectivity index (χ0v) is 11.3. The van der Waals surface area contributed by atoms with E-state index < -0.39 is 0 Å². The van der Waals surface area contributed by atoms with E-state index >= 15 is 0 Å². The van der Waals surface area contributed by atoms with Crippen molar-refractivity contribution < 1.29 is 4.74 Å². The minimum Gasteiger partial charge on any atom is -0.379 e. The van der Waals surface area contributed by atoms with Crippen molar-refractivity contribution in [1.29, 1.82) is 0 Å². The number of nitrogens with zero attached hydrogens (tertiary/aromatic N) is 1. The molecule has 3 unspecified atom stereocenters. The van der Waals surface area contributed by atoms with Crippen LogP contribution in [-0.4, -0.2) is 44.4 Å². The molecule has 0 saturated carbocycles. The third-order valence-electron chi connectivity index (χ3n) is 3.30. The van der Waals surface area contributed by atoms with E-state index in [9.17, 15) is 0 Å². The average molecular weight is 255 g/mol. The lowest BCUT2D eigenvalue weighted by atomic mass is 10.0. The molecule has 0 aromatic carbocycles. The van der Waals surface area contributed by atoms with Gasteiger partial charge in [0, 0.05) is 42.5 Å². The molecule has 0 radical (unpaired) electrons. The van der Waals surface area contributed by atoms with Crippen LogP contribution in [0.3, 0.4) is 0 Å². The van der Waals surface area contributed by atoms with E-state index in [0.29, 0.717) is 17.9 Å². The molecule has 0 aliphatic carbocycles. The summed E-state index contributed by atoms with van der Waals surface area (Å²) in [6, 6.07) is 0.498. The number of aromatic nitrogens is 1. The van der Waals surface area contributed by atoms with Gasteiger partial charge in [0.1, 0.15) is 0 Å². The zero-order chi connectivity index (χ0) is 12.1. The summed E-state index contributed by atoms with van der Waals surface area (Å²) >= 11 is 1.73. The molecule has 5 heteroatoms. The molecule has 1 aromatic heterocycles. The van der Waals surface area contributed by atoms with E-state index in [-0.39, 0.29) is 0 Å². The van der Waals surface area contributed by atoms with Gasteiger partial charge in [0.05, 0.1) is 18.2 Å². The number of hydrogen-bond donors (Lipinski definition) is 2. The molecule has 4 nitrogen and oxygen atoms in total. The maximum atomic E-state index is 5.48. The van der Waals surface area contributed by atoms with E-state index in [4.69, 9.17) is 4.74 Å². The van der Waals surface area contributed by atoms with Crippen LogP contribution in [0, 0.1) is 5.92 Å². The van der Waals surface area contributed by atoms with Crippen LogP contribution in [0.25, 0.3) is 0 Å². The van der Waals surface area contributed by atoms with Crippen molar-refractivity contribution in [3.05, 3.63) is 16.6 Å². The lowest BCUT2D eigenvalue weighted by molar-refractivity contribution is 0.182. The van der Waals surface area contributed by atoms with Gasteiger partial charge < -0.3 is 15.4 Å². The fourth-order valence-electron chi connectivity index (χ4n) is 2.17. The summed E-state index contributed by atoms with van der Waals surface area (Å²) < 4.78 is 5.48. The molecular formula is C12H21N3OS. The van der Waals surface area contributed by atoms with Gasteiger partial charge in [0.25, 0.3) is 0 Å². The summed E-state index contributed by atoms with van der Waals surface area (Å²) in [5.41, 5.74) is 0. The Morgan fingerprint density at radius 2 is 2.47 bits per heavy atom. The first kappa shape index (κ1) is 13.0. The highest BCUT2D eigenvalue weighted by molar-refractivity contribution is 7.09. The van der Waals surface area contributed by atoms with Crippen LogP contribution in [0.15, 0.2) is 11.6 Å². The number of ether oxygens (including phenoxy) is 1. The second kappa shape index (κ2) is 6.44. The van der Waals surface area contributed by atoms with Gasteiger partial charge in [-0.1, -0.05) is 6.92 Å². The van der Waals surface area contributed by atoms with Crippen molar-refractivity contribution in [3.8, 4) is 0 Å². The molecule has 3 atom stereocenters. The fourth-order valence-corrected chi connectivity index (χ4v) is 2.87. The van der Waals surface area contributed by atoms with Crippen LogP contribution < -0.4 is 10.6 Å². The molecule has 96 valence electrons. The Morgan fingerprint density at radius 3 is 3.18 bits per heavy atom. The molecule has 0 amide bonds. The molecule has 0 bridgehead atoms.